The van der Waals surface area contributed by atoms with Crippen molar-refractivity contribution in [2.45, 2.75) is 57.7 Å². The van der Waals surface area contributed by atoms with Crippen molar-refractivity contribution in [2.24, 2.45) is 0 Å². The van der Waals surface area contributed by atoms with Crippen LogP contribution in [-0.2, 0) is 0 Å². The van der Waals surface area contributed by atoms with E-state index in [2.05, 4.69) is 20.3 Å². The quantitative estimate of drug-likeness (QED) is 0.931. The van der Waals surface area contributed by atoms with Crippen LogP contribution >= 0.6 is 0 Å². The highest BCUT2D eigenvalue weighted by molar-refractivity contribution is 5.37. The predicted molar refractivity (Wildman–Crippen MR) is 89.4 cm³/mol. The number of aryl methyl sites for hydroxylation is 1. The van der Waals surface area contributed by atoms with E-state index in [1.54, 1.807) is 6.20 Å². The molecule has 2 aliphatic heterocycles. The second-order valence-corrected chi connectivity index (χ2v) is 6.65. The standard InChI is InChI=1S/C18H22N4O2/c1-11-17(23-15-8-13-5-6-14(9-15)22-13)20-10-21-18(11)24-16-4-3-7-19-12(16)2/h3-4,7,10,13-15,22H,5-6,8-9H2,1-2H3/t13-,14?,15?/m0/s1. The summed E-state index contributed by atoms with van der Waals surface area (Å²) in [6, 6.07) is 4.91. The van der Waals surface area contributed by atoms with E-state index in [0.29, 0.717) is 29.6 Å². The molecule has 24 heavy (non-hydrogen) atoms. The van der Waals surface area contributed by atoms with Gasteiger partial charge >= 0.3 is 0 Å². The summed E-state index contributed by atoms with van der Waals surface area (Å²) in [6.07, 6.45) is 8.04. The van der Waals surface area contributed by atoms with Crippen molar-refractivity contribution in [3.05, 3.63) is 35.9 Å². The van der Waals surface area contributed by atoms with E-state index in [1.807, 2.05) is 26.0 Å². The molecule has 2 bridgehead atoms. The largest absolute Gasteiger partial charge is 0.474 e. The third-order valence-electron chi connectivity index (χ3n) is 4.86. The fourth-order valence-electron chi connectivity index (χ4n) is 3.58. The van der Waals surface area contributed by atoms with Gasteiger partial charge in [-0.3, -0.25) is 4.98 Å². The fourth-order valence-corrected chi connectivity index (χ4v) is 3.58. The number of nitrogens with zero attached hydrogens (tertiary/aromatic N) is 3. The molecular formula is C18H22N4O2. The van der Waals surface area contributed by atoms with E-state index in [-0.39, 0.29) is 6.10 Å². The normalized spacial score (nSPS) is 25.5. The van der Waals surface area contributed by atoms with Crippen molar-refractivity contribution >= 4 is 0 Å². The van der Waals surface area contributed by atoms with E-state index in [1.165, 1.54) is 19.2 Å². The van der Waals surface area contributed by atoms with Crippen LogP contribution in [0.25, 0.3) is 0 Å². The Labute approximate surface area is 141 Å². The second kappa shape index (κ2) is 6.36. The van der Waals surface area contributed by atoms with Gasteiger partial charge in [0.25, 0.3) is 0 Å². The molecule has 2 unspecified atom stereocenters. The number of pyridine rings is 1. The minimum Gasteiger partial charge on any atom is -0.474 e. The van der Waals surface area contributed by atoms with Crippen molar-refractivity contribution in [3.8, 4) is 17.5 Å². The van der Waals surface area contributed by atoms with E-state index >= 15 is 0 Å². The van der Waals surface area contributed by atoms with Crippen LogP contribution in [0.1, 0.15) is 36.9 Å². The summed E-state index contributed by atoms with van der Waals surface area (Å²) in [4.78, 5) is 12.8. The summed E-state index contributed by atoms with van der Waals surface area (Å²) in [7, 11) is 0. The fraction of sp³-hybridized carbons (Fsp3) is 0.500. The molecule has 6 nitrogen and oxygen atoms in total. The Morgan fingerprint density at radius 2 is 1.79 bits per heavy atom. The van der Waals surface area contributed by atoms with Crippen molar-refractivity contribution in [1.29, 1.82) is 0 Å². The van der Waals surface area contributed by atoms with E-state index < -0.39 is 0 Å². The molecule has 0 spiro atoms. The monoisotopic (exact) mass is 326 g/mol. The molecule has 2 aromatic rings. The summed E-state index contributed by atoms with van der Waals surface area (Å²) in [6.45, 7) is 3.85. The lowest BCUT2D eigenvalue weighted by molar-refractivity contribution is 0.130. The van der Waals surface area contributed by atoms with Crippen LogP contribution in [0.2, 0.25) is 0 Å². The minimum absolute atomic E-state index is 0.213. The van der Waals surface area contributed by atoms with Crippen molar-refractivity contribution in [3.63, 3.8) is 0 Å². The van der Waals surface area contributed by atoms with Gasteiger partial charge in [0.05, 0.1) is 11.3 Å². The molecule has 2 fully saturated rings. The zero-order valence-electron chi connectivity index (χ0n) is 14.0. The first kappa shape index (κ1) is 15.3. The Hall–Kier alpha value is -2.21. The summed E-state index contributed by atoms with van der Waals surface area (Å²) < 4.78 is 12.1. The van der Waals surface area contributed by atoms with Crippen molar-refractivity contribution in [2.75, 3.05) is 0 Å². The lowest BCUT2D eigenvalue weighted by Crippen LogP contribution is -2.42. The van der Waals surface area contributed by atoms with Gasteiger partial charge in [0.1, 0.15) is 12.4 Å². The highest BCUT2D eigenvalue weighted by Gasteiger charge is 2.35. The molecule has 0 saturated carbocycles. The third-order valence-corrected chi connectivity index (χ3v) is 4.86. The maximum absolute atomic E-state index is 6.19. The average Bonchev–Trinajstić information content (AvgIpc) is 2.92. The number of aromatic nitrogens is 3. The molecule has 2 aromatic heterocycles. The number of ether oxygens (including phenoxy) is 2. The van der Waals surface area contributed by atoms with Gasteiger partial charge in [-0.05, 0) is 51.7 Å². The number of rotatable bonds is 4. The molecule has 4 heterocycles. The number of hydrogen-bond acceptors (Lipinski definition) is 6. The molecule has 2 saturated heterocycles. The highest BCUT2D eigenvalue weighted by Crippen LogP contribution is 2.32. The Balaban J connectivity index is 1.51. The minimum atomic E-state index is 0.213. The maximum atomic E-state index is 6.19. The Bertz CT molecular complexity index is 725. The van der Waals surface area contributed by atoms with Crippen LogP contribution in [0.5, 0.6) is 17.5 Å². The zero-order chi connectivity index (χ0) is 16.5. The van der Waals surface area contributed by atoms with Crippen LogP contribution in [0.15, 0.2) is 24.7 Å². The van der Waals surface area contributed by atoms with E-state index in [0.717, 1.165) is 24.1 Å². The van der Waals surface area contributed by atoms with Crippen LogP contribution in [0.3, 0.4) is 0 Å². The van der Waals surface area contributed by atoms with Crippen LogP contribution in [0.4, 0.5) is 0 Å². The molecule has 1 N–H and O–H groups in total. The molecule has 4 rings (SSSR count). The highest BCUT2D eigenvalue weighted by atomic mass is 16.5. The van der Waals surface area contributed by atoms with Crippen LogP contribution in [-0.4, -0.2) is 33.1 Å². The Morgan fingerprint density at radius 1 is 1.04 bits per heavy atom. The van der Waals surface area contributed by atoms with Gasteiger partial charge in [-0.15, -0.1) is 0 Å². The van der Waals surface area contributed by atoms with Gasteiger partial charge < -0.3 is 14.8 Å². The lowest BCUT2D eigenvalue weighted by atomic mass is 10.0. The molecule has 2 aliphatic rings. The van der Waals surface area contributed by atoms with Crippen LogP contribution in [0, 0.1) is 13.8 Å². The SMILES string of the molecule is Cc1ncccc1Oc1ncnc(OC2CC3CC[C@@H](C2)N3)c1C. The number of piperidine rings is 1. The van der Waals surface area contributed by atoms with Crippen LogP contribution < -0.4 is 14.8 Å². The first-order chi connectivity index (χ1) is 11.7. The van der Waals surface area contributed by atoms with Gasteiger partial charge in [0.15, 0.2) is 5.75 Å². The van der Waals surface area contributed by atoms with Crippen molar-refractivity contribution < 1.29 is 9.47 Å². The average molecular weight is 326 g/mol. The zero-order valence-corrected chi connectivity index (χ0v) is 14.0. The number of fused-ring (bicyclic) bond motifs is 2. The summed E-state index contributed by atoms with van der Waals surface area (Å²) >= 11 is 0. The van der Waals surface area contributed by atoms with Gasteiger partial charge in [0, 0.05) is 18.3 Å². The summed E-state index contributed by atoms with van der Waals surface area (Å²) in [5.74, 6) is 1.84. The first-order valence-corrected chi connectivity index (χ1v) is 8.53. The molecular weight excluding hydrogens is 304 g/mol. The Morgan fingerprint density at radius 3 is 2.54 bits per heavy atom. The lowest BCUT2D eigenvalue weighted by Gasteiger charge is -2.29. The molecule has 0 radical (unpaired) electrons. The third kappa shape index (κ3) is 3.06. The van der Waals surface area contributed by atoms with Gasteiger partial charge in [-0.2, -0.15) is 0 Å². The van der Waals surface area contributed by atoms with Gasteiger partial charge in [0.2, 0.25) is 11.8 Å². The summed E-state index contributed by atoms with van der Waals surface area (Å²) in [5, 5.41) is 3.63. The topological polar surface area (TPSA) is 69.2 Å². The molecule has 0 aromatic carbocycles. The number of hydrogen-bond donors (Lipinski definition) is 1. The number of nitrogens with one attached hydrogen (secondary N) is 1. The molecule has 126 valence electrons. The van der Waals surface area contributed by atoms with Crippen molar-refractivity contribution in [1.82, 2.24) is 20.3 Å². The van der Waals surface area contributed by atoms with E-state index in [9.17, 15) is 0 Å². The van der Waals surface area contributed by atoms with Gasteiger partial charge in [-0.1, -0.05) is 0 Å². The first-order valence-electron chi connectivity index (χ1n) is 8.53. The molecule has 0 amide bonds. The maximum Gasteiger partial charge on any atom is 0.229 e. The Kier molecular flexibility index (Phi) is 4.06. The smallest absolute Gasteiger partial charge is 0.229 e. The second-order valence-electron chi connectivity index (χ2n) is 6.65. The predicted octanol–water partition coefficient (Wildman–Crippen LogP) is 2.94. The molecule has 0 aliphatic carbocycles. The molecule has 6 heteroatoms. The summed E-state index contributed by atoms with van der Waals surface area (Å²) in [5.41, 5.74) is 1.65. The van der Waals surface area contributed by atoms with E-state index in [4.69, 9.17) is 9.47 Å². The van der Waals surface area contributed by atoms with Gasteiger partial charge in [-0.25, -0.2) is 9.97 Å². The molecule has 3 atom stereocenters.